The van der Waals surface area contributed by atoms with E-state index in [9.17, 15) is 0 Å². The number of hydrogen-bond acceptors (Lipinski definition) is 4. The molecule has 2 N–H and O–H groups in total. The lowest BCUT2D eigenvalue weighted by Crippen LogP contribution is -2.37. The van der Waals surface area contributed by atoms with Crippen LogP contribution in [0.25, 0.3) is 0 Å². The first-order chi connectivity index (χ1) is 9.22. The van der Waals surface area contributed by atoms with Crippen molar-refractivity contribution in [1.29, 1.82) is 0 Å². The van der Waals surface area contributed by atoms with Gasteiger partial charge in [0.25, 0.3) is 0 Å². The molecule has 2 rings (SSSR count). The van der Waals surface area contributed by atoms with Crippen LogP contribution in [-0.2, 0) is 9.57 Å². The van der Waals surface area contributed by atoms with Crippen LogP contribution in [0.15, 0.2) is 29.4 Å². The lowest BCUT2D eigenvalue weighted by molar-refractivity contribution is -0.0975. The average molecular weight is 264 g/mol. The zero-order valence-electron chi connectivity index (χ0n) is 11.3. The number of rotatable bonds is 6. The molecule has 0 radical (unpaired) electrons. The zero-order chi connectivity index (χ0) is 13.7. The van der Waals surface area contributed by atoms with Gasteiger partial charge in [-0.05, 0) is 31.2 Å². The van der Waals surface area contributed by atoms with E-state index >= 15 is 0 Å². The summed E-state index contributed by atoms with van der Waals surface area (Å²) in [4.78, 5) is 5.38. The fourth-order valence-corrected chi connectivity index (χ4v) is 1.92. The van der Waals surface area contributed by atoms with Crippen molar-refractivity contribution in [3.05, 3.63) is 29.8 Å². The highest BCUT2D eigenvalue weighted by Gasteiger charge is 2.31. The molecule has 0 heterocycles. The van der Waals surface area contributed by atoms with Crippen LogP contribution in [-0.4, -0.2) is 31.8 Å². The van der Waals surface area contributed by atoms with E-state index < -0.39 is 0 Å². The molecular formula is C14H20N2O3. The first-order valence-electron chi connectivity index (χ1n) is 6.48. The normalized spacial score (nSPS) is 22.7. The molecule has 0 saturated heterocycles. The predicted octanol–water partition coefficient (Wildman–Crippen LogP) is 1.90. The van der Waals surface area contributed by atoms with Crippen LogP contribution in [0.4, 0.5) is 0 Å². The molecule has 1 aromatic rings. The highest BCUT2D eigenvalue weighted by Crippen LogP contribution is 2.26. The van der Waals surface area contributed by atoms with E-state index in [4.69, 9.17) is 20.0 Å². The van der Waals surface area contributed by atoms with Crippen molar-refractivity contribution < 1.29 is 14.3 Å². The van der Waals surface area contributed by atoms with Crippen molar-refractivity contribution in [1.82, 2.24) is 0 Å². The minimum absolute atomic E-state index is 0.119. The molecule has 104 valence electrons. The first kappa shape index (κ1) is 13.7. The van der Waals surface area contributed by atoms with Crippen LogP contribution < -0.4 is 10.5 Å². The first-order valence-corrected chi connectivity index (χ1v) is 6.48. The summed E-state index contributed by atoms with van der Waals surface area (Å²) in [7, 11) is 1.63. The van der Waals surface area contributed by atoms with Gasteiger partial charge in [-0.25, -0.2) is 0 Å². The van der Waals surface area contributed by atoms with Gasteiger partial charge < -0.3 is 20.0 Å². The van der Waals surface area contributed by atoms with Gasteiger partial charge in [-0.2, -0.15) is 0 Å². The largest absolute Gasteiger partial charge is 0.497 e. The minimum atomic E-state index is 0.119. The van der Waals surface area contributed by atoms with Crippen LogP contribution >= 0.6 is 0 Å². The number of oxime groups is 1. The number of ether oxygens (including phenoxy) is 2. The third kappa shape index (κ3) is 3.61. The topological polar surface area (TPSA) is 66.1 Å². The molecule has 0 unspecified atom stereocenters. The quantitative estimate of drug-likeness (QED) is 0.484. The lowest BCUT2D eigenvalue weighted by Gasteiger charge is -2.32. The summed E-state index contributed by atoms with van der Waals surface area (Å²) in [6.07, 6.45) is 2.20. The number of nitrogens with zero attached hydrogens (tertiary/aromatic N) is 1. The molecule has 1 aliphatic rings. The lowest BCUT2D eigenvalue weighted by atomic mass is 9.92. The van der Waals surface area contributed by atoms with Gasteiger partial charge in [-0.3, -0.25) is 0 Å². The fourth-order valence-electron chi connectivity index (χ4n) is 1.92. The molecule has 5 heteroatoms. The molecule has 1 saturated carbocycles. The molecule has 1 fully saturated rings. The second-order valence-corrected chi connectivity index (χ2v) is 4.48. The van der Waals surface area contributed by atoms with Crippen molar-refractivity contribution in [3.63, 3.8) is 0 Å². The van der Waals surface area contributed by atoms with Gasteiger partial charge in [0.05, 0.1) is 13.2 Å². The Morgan fingerprint density at radius 1 is 1.26 bits per heavy atom. The summed E-state index contributed by atoms with van der Waals surface area (Å²) in [6, 6.07) is 7.38. The second-order valence-electron chi connectivity index (χ2n) is 4.48. The number of benzene rings is 1. The molecule has 1 aliphatic carbocycles. The molecule has 19 heavy (non-hydrogen) atoms. The van der Waals surface area contributed by atoms with E-state index in [1.165, 1.54) is 0 Å². The van der Waals surface area contributed by atoms with E-state index in [1.54, 1.807) is 7.11 Å². The number of amidine groups is 1. The van der Waals surface area contributed by atoms with Crippen molar-refractivity contribution >= 4 is 5.84 Å². The molecule has 0 aromatic heterocycles. The summed E-state index contributed by atoms with van der Waals surface area (Å²) in [6.45, 7) is 2.74. The Kier molecular flexibility index (Phi) is 4.63. The van der Waals surface area contributed by atoms with Gasteiger partial charge in [-0.15, -0.1) is 0 Å². The van der Waals surface area contributed by atoms with Crippen molar-refractivity contribution in [2.75, 3.05) is 13.7 Å². The van der Waals surface area contributed by atoms with Crippen molar-refractivity contribution in [2.45, 2.75) is 32.0 Å². The van der Waals surface area contributed by atoms with E-state index in [0.717, 1.165) is 30.8 Å². The highest BCUT2D eigenvalue weighted by atomic mass is 16.6. The maximum Gasteiger partial charge on any atom is 0.170 e. The average Bonchev–Trinajstić information content (AvgIpc) is 2.41. The molecule has 0 spiro atoms. The van der Waals surface area contributed by atoms with E-state index in [-0.39, 0.29) is 6.10 Å². The summed E-state index contributed by atoms with van der Waals surface area (Å²) in [5, 5.41) is 3.96. The Labute approximate surface area is 113 Å². The smallest absolute Gasteiger partial charge is 0.170 e. The summed E-state index contributed by atoms with van der Waals surface area (Å²) < 4.78 is 10.5. The SMILES string of the molecule is CCOC1CC(O/N=C(\N)c2ccc(OC)cc2)C1. The van der Waals surface area contributed by atoms with E-state index in [1.807, 2.05) is 31.2 Å². The molecule has 1 aromatic carbocycles. The number of hydrogen-bond donors (Lipinski definition) is 1. The second kappa shape index (κ2) is 6.43. The summed E-state index contributed by atoms with van der Waals surface area (Å²) in [5.41, 5.74) is 6.68. The molecule has 0 amide bonds. The molecule has 0 aliphatic heterocycles. The predicted molar refractivity (Wildman–Crippen MR) is 73.2 cm³/mol. The van der Waals surface area contributed by atoms with Gasteiger partial charge >= 0.3 is 0 Å². The van der Waals surface area contributed by atoms with Crippen LogP contribution in [0, 0.1) is 0 Å². The van der Waals surface area contributed by atoms with Crippen LogP contribution in [0.1, 0.15) is 25.3 Å². The summed E-state index contributed by atoms with van der Waals surface area (Å²) >= 11 is 0. The van der Waals surface area contributed by atoms with Crippen molar-refractivity contribution in [3.8, 4) is 5.75 Å². The monoisotopic (exact) mass is 264 g/mol. The maximum atomic E-state index is 5.86. The minimum Gasteiger partial charge on any atom is -0.497 e. The zero-order valence-corrected chi connectivity index (χ0v) is 11.3. The molecule has 5 nitrogen and oxygen atoms in total. The molecule has 0 bridgehead atoms. The van der Waals surface area contributed by atoms with Gasteiger partial charge in [0.15, 0.2) is 5.84 Å². The Hall–Kier alpha value is -1.75. The molecule has 0 atom stereocenters. The Balaban J connectivity index is 1.82. The van der Waals surface area contributed by atoms with Crippen LogP contribution in [0.5, 0.6) is 5.75 Å². The Morgan fingerprint density at radius 2 is 1.95 bits per heavy atom. The van der Waals surface area contributed by atoms with Gasteiger partial charge in [0.2, 0.25) is 0 Å². The fraction of sp³-hybridized carbons (Fsp3) is 0.500. The maximum absolute atomic E-state index is 5.86. The third-order valence-electron chi connectivity index (χ3n) is 3.14. The number of nitrogens with two attached hydrogens (primary N) is 1. The van der Waals surface area contributed by atoms with Crippen LogP contribution in [0.3, 0.4) is 0 Å². The number of methoxy groups -OCH3 is 1. The van der Waals surface area contributed by atoms with E-state index in [2.05, 4.69) is 5.16 Å². The van der Waals surface area contributed by atoms with Gasteiger partial charge in [-0.1, -0.05) is 5.16 Å². The molecular weight excluding hydrogens is 244 g/mol. The third-order valence-corrected chi connectivity index (χ3v) is 3.14. The van der Waals surface area contributed by atoms with Crippen molar-refractivity contribution in [2.24, 2.45) is 10.9 Å². The Bertz CT molecular complexity index is 425. The highest BCUT2D eigenvalue weighted by molar-refractivity contribution is 5.97. The van der Waals surface area contributed by atoms with Gasteiger partial charge in [0, 0.05) is 25.0 Å². The standard InChI is InChI=1S/C14H20N2O3/c1-3-18-12-8-13(9-12)19-16-14(15)10-4-6-11(17-2)7-5-10/h4-7,12-13H,3,8-9H2,1-2H3,(H2,15,16). The summed E-state index contributed by atoms with van der Waals surface area (Å²) in [5.74, 6) is 1.17. The van der Waals surface area contributed by atoms with Crippen LogP contribution in [0.2, 0.25) is 0 Å². The van der Waals surface area contributed by atoms with Gasteiger partial charge in [0.1, 0.15) is 11.9 Å². The Morgan fingerprint density at radius 3 is 2.53 bits per heavy atom. The van der Waals surface area contributed by atoms with E-state index in [0.29, 0.717) is 11.9 Å².